The van der Waals surface area contributed by atoms with Crippen LogP contribution < -0.4 is 15.2 Å². The average molecular weight is 455 g/mol. The van der Waals surface area contributed by atoms with E-state index in [2.05, 4.69) is 37.1 Å². The number of hydrogen-bond donors (Lipinski definition) is 1. The Kier molecular flexibility index (Phi) is 7.35. The monoisotopic (exact) mass is 454 g/mol. The van der Waals surface area contributed by atoms with Gasteiger partial charge in [0, 0.05) is 6.42 Å². The summed E-state index contributed by atoms with van der Waals surface area (Å²) < 4.78 is 10.1. The lowest BCUT2D eigenvalue weighted by Crippen LogP contribution is -2.42. The number of ether oxygens (including phenoxy) is 2. The SMILES string of the molecule is COc1ccc(C(NC(=O)CN2CCOC2=O)C(=O)Cc2ccc([Si](C)(C)C)cc2)cc1. The van der Waals surface area contributed by atoms with Crippen LogP contribution in [0.15, 0.2) is 48.5 Å². The molecule has 1 aliphatic rings. The van der Waals surface area contributed by atoms with Crippen molar-refractivity contribution in [1.29, 1.82) is 0 Å². The molecular formula is C24H30N2O5Si. The van der Waals surface area contributed by atoms with Crippen molar-refractivity contribution in [1.82, 2.24) is 10.2 Å². The maximum atomic E-state index is 13.2. The minimum absolute atomic E-state index is 0.131. The Morgan fingerprint density at radius 3 is 2.28 bits per heavy atom. The van der Waals surface area contributed by atoms with Gasteiger partial charge in [-0.05, 0) is 23.3 Å². The number of carbonyl (C=O) groups is 3. The number of nitrogens with one attached hydrogen (secondary N) is 1. The van der Waals surface area contributed by atoms with E-state index in [9.17, 15) is 14.4 Å². The van der Waals surface area contributed by atoms with Gasteiger partial charge >= 0.3 is 6.09 Å². The van der Waals surface area contributed by atoms with Crippen molar-refractivity contribution in [2.75, 3.05) is 26.8 Å². The van der Waals surface area contributed by atoms with E-state index >= 15 is 0 Å². The molecule has 1 heterocycles. The van der Waals surface area contributed by atoms with E-state index in [-0.39, 0.29) is 25.4 Å². The smallest absolute Gasteiger partial charge is 0.410 e. The van der Waals surface area contributed by atoms with Crippen molar-refractivity contribution in [3.8, 4) is 5.75 Å². The second kappa shape index (κ2) is 9.99. The van der Waals surface area contributed by atoms with Gasteiger partial charge in [-0.3, -0.25) is 14.5 Å². The largest absolute Gasteiger partial charge is 0.497 e. The van der Waals surface area contributed by atoms with Crippen molar-refractivity contribution in [2.24, 2.45) is 0 Å². The maximum absolute atomic E-state index is 13.2. The summed E-state index contributed by atoms with van der Waals surface area (Å²) in [6, 6.07) is 14.4. The molecule has 0 aliphatic carbocycles. The zero-order chi connectivity index (χ0) is 23.3. The molecule has 1 unspecified atom stereocenters. The van der Waals surface area contributed by atoms with E-state index in [1.807, 2.05) is 12.1 Å². The fraction of sp³-hybridized carbons (Fsp3) is 0.375. The van der Waals surface area contributed by atoms with E-state index in [1.54, 1.807) is 31.4 Å². The van der Waals surface area contributed by atoms with Crippen molar-refractivity contribution in [3.63, 3.8) is 0 Å². The molecular weight excluding hydrogens is 424 g/mol. The molecule has 1 N–H and O–H groups in total. The van der Waals surface area contributed by atoms with Crippen molar-refractivity contribution < 1.29 is 23.9 Å². The minimum Gasteiger partial charge on any atom is -0.497 e. The summed E-state index contributed by atoms with van der Waals surface area (Å²) in [7, 11) is 0.147. The van der Waals surface area contributed by atoms with Crippen LogP contribution in [-0.2, 0) is 20.7 Å². The van der Waals surface area contributed by atoms with Crippen LogP contribution in [0, 0.1) is 0 Å². The highest BCUT2D eigenvalue weighted by Gasteiger charge is 2.28. The third kappa shape index (κ3) is 5.97. The summed E-state index contributed by atoms with van der Waals surface area (Å²) in [4.78, 5) is 38.8. The average Bonchev–Trinajstić information content (AvgIpc) is 3.16. The topological polar surface area (TPSA) is 84.9 Å². The van der Waals surface area contributed by atoms with Gasteiger partial charge in [-0.15, -0.1) is 0 Å². The van der Waals surface area contributed by atoms with Crippen molar-refractivity contribution >= 4 is 31.0 Å². The summed E-state index contributed by atoms with van der Waals surface area (Å²) in [6.07, 6.45) is -0.329. The quantitative estimate of drug-likeness (QED) is 0.589. The summed E-state index contributed by atoms with van der Waals surface area (Å²) in [5, 5.41) is 4.13. The van der Waals surface area contributed by atoms with E-state index in [0.717, 1.165) is 5.56 Å². The highest BCUT2D eigenvalue weighted by molar-refractivity contribution is 6.88. The molecule has 0 radical (unpaired) electrons. The Labute approximate surface area is 189 Å². The predicted octanol–water partition coefficient (Wildman–Crippen LogP) is 2.66. The number of rotatable bonds is 9. The third-order valence-corrected chi connectivity index (χ3v) is 7.52. The Morgan fingerprint density at radius 2 is 1.75 bits per heavy atom. The van der Waals surface area contributed by atoms with E-state index < -0.39 is 26.1 Å². The molecule has 7 nitrogen and oxygen atoms in total. The molecule has 2 aromatic carbocycles. The first-order valence-electron chi connectivity index (χ1n) is 10.6. The number of carbonyl (C=O) groups excluding carboxylic acids is 3. The van der Waals surface area contributed by atoms with Gasteiger partial charge in [0.05, 0.1) is 21.7 Å². The number of Topliss-reactive ketones (excluding diaryl/α,β-unsaturated/α-hetero) is 1. The lowest BCUT2D eigenvalue weighted by atomic mass is 9.97. The van der Waals surface area contributed by atoms with Crippen LogP contribution in [0.1, 0.15) is 17.2 Å². The highest BCUT2D eigenvalue weighted by Crippen LogP contribution is 2.20. The molecule has 0 bridgehead atoms. The van der Waals surface area contributed by atoms with Crippen LogP contribution in [0.2, 0.25) is 19.6 Å². The minimum atomic E-state index is -1.42. The second-order valence-electron chi connectivity index (χ2n) is 8.90. The fourth-order valence-corrected chi connectivity index (χ4v) is 4.69. The highest BCUT2D eigenvalue weighted by atomic mass is 28.3. The van der Waals surface area contributed by atoms with Crippen LogP contribution in [-0.4, -0.2) is 57.6 Å². The van der Waals surface area contributed by atoms with Crippen LogP contribution >= 0.6 is 0 Å². The number of amides is 2. The zero-order valence-corrected chi connectivity index (χ0v) is 20.0. The molecule has 8 heteroatoms. The molecule has 0 aromatic heterocycles. The number of hydrogen-bond acceptors (Lipinski definition) is 5. The maximum Gasteiger partial charge on any atom is 0.410 e. The third-order valence-electron chi connectivity index (χ3n) is 5.45. The van der Waals surface area contributed by atoms with Crippen LogP contribution in [0.4, 0.5) is 4.79 Å². The lowest BCUT2D eigenvalue weighted by Gasteiger charge is -2.21. The number of nitrogens with zero attached hydrogens (tertiary/aromatic N) is 1. The summed E-state index contributed by atoms with van der Waals surface area (Å²) in [5.74, 6) is 0.119. The van der Waals surface area contributed by atoms with Gasteiger partial charge in [0.15, 0.2) is 5.78 Å². The molecule has 3 rings (SSSR count). The van der Waals surface area contributed by atoms with Gasteiger partial charge < -0.3 is 14.8 Å². The number of cyclic esters (lactones) is 1. The number of methoxy groups -OCH3 is 1. The first kappa shape index (κ1) is 23.5. The van der Waals surface area contributed by atoms with Gasteiger partial charge in [-0.1, -0.05) is 61.2 Å². The zero-order valence-electron chi connectivity index (χ0n) is 19.0. The molecule has 1 fully saturated rings. The normalized spacial score (nSPS) is 14.6. The predicted molar refractivity (Wildman–Crippen MR) is 125 cm³/mol. The Bertz CT molecular complexity index is 967. The molecule has 0 spiro atoms. The summed E-state index contributed by atoms with van der Waals surface area (Å²) in [5.41, 5.74) is 1.56. The fourth-order valence-electron chi connectivity index (χ4n) is 3.52. The first-order valence-corrected chi connectivity index (χ1v) is 14.1. The van der Waals surface area contributed by atoms with Gasteiger partial charge in [0.2, 0.25) is 5.91 Å². The lowest BCUT2D eigenvalue weighted by molar-refractivity contribution is -0.128. The summed E-state index contributed by atoms with van der Waals surface area (Å²) in [6.45, 7) is 7.30. The van der Waals surface area contributed by atoms with Gasteiger partial charge in [0.25, 0.3) is 0 Å². The van der Waals surface area contributed by atoms with Crippen molar-refractivity contribution in [2.45, 2.75) is 32.1 Å². The van der Waals surface area contributed by atoms with Crippen LogP contribution in [0.25, 0.3) is 0 Å². The molecule has 2 amide bonds. The number of ketones is 1. The Morgan fingerprint density at radius 1 is 1.09 bits per heavy atom. The van der Waals surface area contributed by atoms with E-state index in [1.165, 1.54) is 10.1 Å². The van der Waals surface area contributed by atoms with Crippen LogP contribution in [0.5, 0.6) is 5.75 Å². The standard InChI is InChI=1S/C24H30N2O5Si/c1-30-19-9-7-18(8-10-19)23(25-22(28)16-26-13-14-31-24(26)29)21(27)15-17-5-11-20(12-6-17)32(2,3)4/h5-12,23H,13-16H2,1-4H3,(H,25,28). The van der Waals surface area contributed by atoms with Crippen molar-refractivity contribution in [3.05, 3.63) is 59.7 Å². The molecule has 1 aliphatic heterocycles. The van der Waals surface area contributed by atoms with Crippen LogP contribution in [0.3, 0.4) is 0 Å². The number of benzene rings is 2. The Hall–Kier alpha value is -3.13. The summed E-state index contributed by atoms with van der Waals surface area (Å²) >= 11 is 0. The molecule has 32 heavy (non-hydrogen) atoms. The molecule has 1 saturated heterocycles. The molecule has 1 atom stereocenters. The molecule has 0 saturated carbocycles. The molecule has 2 aromatic rings. The first-order chi connectivity index (χ1) is 15.2. The van der Waals surface area contributed by atoms with Gasteiger partial charge in [0.1, 0.15) is 24.9 Å². The van der Waals surface area contributed by atoms with E-state index in [4.69, 9.17) is 9.47 Å². The second-order valence-corrected chi connectivity index (χ2v) is 14.0. The van der Waals surface area contributed by atoms with Gasteiger partial charge in [-0.25, -0.2) is 4.79 Å². The molecule has 170 valence electrons. The van der Waals surface area contributed by atoms with Gasteiger partial charge in [-0.2, -0.15) is 0 Å². The van der Waals surface area contributed by atoms with E-state index in [0.29, 0.717) is 17.9 Å². The Balaban J connectivity index is 1.76.